The highest BCUT2D eigenvalue weighted by Gasteiger charge is 2.57. The Morgan fingerprint density at radius 1 is 0.342 bits per heavy atom. The lowest BCUT2D eigenvalue weighted by Crippen LogP contribution is -2.70. The van der Waals surface area contributed by atoms with Crippen molar-refractivity contribution in [3.8, 4) is 0 Å². The fraction of sp³-hybridized carbons (Fsp3) is 0.929. The summed E-state index contributed by atoms with van der Waals surface area (Å²) in [4.78, 5) is 37.3. The Balaban J connectivity index is 1.20. The van der Waals surface area contributed by atoms with Crippen molar-refractivity contribution in [3.63, 3.8) is 0 Å². The maximum absolute atomic E-state index is 12.6. The zero-order valence-electron chi connectivity index (χ0n) is 40.9. The van der Waals surface area contributed by atoms with Crippen molar-refractivity contribution in [1.29, 1.82) is 0 Å². The number of hydrogen-bond donors (Lipinski definition) is 20. The van der Waals surface area contributed by atoms with Crippen molar-refractivity contribution < 1.29 is 153 Å². The van der Waals surface area contributed by atoms with Crippen LogP contribution in [0.2, 0.25) is 0 Å². The minimum Gasteiger partial charge on any atom is -0.394 e. The Morgan fingerprint density at radius 3 is 1.17 bits per heavy atom. The van der Waals surface area contributed by atoms with Gasteiger partial charge in [-0.3, -0.25) is 14.4 Å². The van der Waals surface area contributed by atoms with E-state index in [9.17, 15) is 101 Å². The highest BCUT2D eigenvalue weighted by molar-refractivity contribution is 5.74. The fourth-order valence-corrected chi connectivity index (χ4v) is 9.62. The molecule has 6 aliphatic heterocycles. The summed E-state index contributed by atoms with van der Waals surface area (Å²) in [5.74, 6) is -2.41. The smallest absolute Gasteiger partial charge is 0.217 e. The predicted molar refractivity (Wildman–Crippen MR) is 234 cm³/mol. The number of carbonyl (C=O) groups excluding carboxylic acids is 3. The van der Waals surface area contributed by atoms with Gasteiger partial charge in [-0.15, -0.1) is 0 Å². The highest BCUT2D eigenvalue weighted by atomic mass is 16.8. The Bertz CT molecular complexity index is 1870. The van der Waals surface area contributed by atoms with E-state index in [0.717, 1.165) is 20.8 Å². The summed E-state index contributed by atoms with van der Waals surface area (Å²) >= 11 is 0. The molecular formula is C42H71N3O31. The molecule has 6 rings (SSSR count). The van der Waals surface area contributed by atoms with Gasteiger partial charge in [-0.2, -0.15) is 0 Å². The van der Waals surface area contributed by atoms with Crippen LogP contribution in [0.4, 0.5) is 0 Å². The van der Waals surface area contributed by atoms with Crippen molar-refractivity contribution in [2.75, 3.05) is 39.6 Å². The topological polar surface area (TPSA) is 533 Å². The quantitative estimate of drug-likeness (QED) is 0.0571. The molecular weight excluding hydrogens is 1040 g/mol. The number of aliphatic hydroxyl groups excluding tert-OH is 17. The molecule has 30 atom stereocenters. The molecule has 0 aliphatic carbocycles. The molecule has 6 aliphatic rings. The standard InChI is InChI=1S/C42H71N3O31/c1-10(51)43-19-27(59)33(17(8-50)72-38(19)66-9-18-26(58)34(20(37(65)67-18)44-11(2)52)74-40-30(62)28(60)22(54)13(4-46)69-40)73-42-32(64)36(25(57)16(7-49)71-42)76-39-21(45-12(3)53)35(24(56)15(6-48)68-39)75-41-31(63)29(61)23(55)14(5-47)70-41/h13-42,46-50,54-65H,4-9H2,1-3H3,(H,43,51)(H,44,52)(H,45,53)/t13-,14-,15-,16-,17-,18-,19-,20-,21-,22+,23+,24-,25+,26+,27-,28+,29+,30-,31-,32-,33-,34-,35-,36+,37-,38-,39+,40+,41+,42+/m1/s1. The Labute approximate surface area is 431 Å². The van der Waals surface area contributed by atoms with E-state index in [1.54, 1.807) is 0 Å². The summed E-state index contributed by atoms with van der Waals surface area (Å²) in [5, 5.41) is 189. The third-order valence-corrected chi connectivity index (χ3v) is 13.6. The number of rotatable bonds is 19. The molecule has 0 radical (unpaired) electrons. The van der Waals surface area contributed by atoms with Gasteiger partial charge in [0.15, 0.2) is 37.7 Å². The number of nitrogens with one attached hydrogen (secondary N) is 3. The van der Waals surface area contributed by atoms with Gasteiger partial charge in [0.2, 0.25) is 17.7 Å². The van der Waals surface area contributed by atoms with E-state index < -0.39 is 241 Å². The van der Waals surface area contributed by atoms with Gasteiger partial charge in [-0.25, -0.2) is 0 Å². The molecule has 76 heavy (non-hydrogen) atoms. The summed E-state index contributed by atoms with van der Waals surface area (Å²) in [6.45, 7) is -2.49. The monoisotopic (exact) mass is 1110 g/mol. The van der Waals surface area contributed by atoms with Gasteiger partial charge in [0.05, 0.1) is 39.6 Å². The maximum Gasteiger partial charge on any atom is 0.217 e. The molecule has 20 N–H and O–H groups in total. The Kier molecular flexibility index (Phi) is 22.3. The van der Waals surface area contributed by atoms with Gasteiger partial charge in [0.25, 0.3) is 0 Å². The van der Waals surface area contributed by atoms with Crippen LogP contribution in [0.5, 0.6) is 0 Å². The molecule has 34 nitrogen and oxygen atoms in total. The van der Waals surface area contributed by atoms with E-state index in [0.29, 0.717) is 0 Å². The van der Waals surface area contributed by atoms with Crippen molar-refractivity contribution in [2.24, 2.45) is 0 Å². The summed E-state index contributed by atoms with van der Waals surface area (Å²) in [6, 6.07) is -5.01. The molecule has 6 fully saturated rings. The molecule has 3 amide bonds. The van der Waals surface area contributed by atoms with Crippen LogP contribution in [0.15, 0.2) is 0 Å². The van der Waals surface area contributed by atoms with E-state index in [2.05, 4.69) is 16.0 Å². The molecule has 34 heteroatoms. The number of carbonyl (C=O) groups is 3. The summed E-state index contributed by atoms with van der Waals surface area (Å²) < 4.78 is 63.0. The largest absolute Gasteiger partial charge is 0.394 e. The van der Waals surface area contributed by atoms with E-state index in [1.807, 2.05) is 0 Å². The van der Waals surface area contributed by atoms with E-state index in [-0.39, 0.29) is 0 Å². The minimum atomic E-state index is -2.21. The first-order valence-electron chi connectivity index (χ1n) is 24.1. The van der Waals surface area contributed by atoms with Crippen LogP contribution in [0.25, 0.3) is 0 Å². The lowest BCUT2D eigenvalue weighted by Gasteiger charge is -2.50. The van der Waals surface area contributed by atoms with Gasteiger partial charge in [0, 0.05) is 20.8 Å². The van der Waals surface area contributed by atoms with E-state index >= 15 is 0 Å². The van der Waals surface area contributed by atoms with Crippen LogP contribution in [0, 0.1) is 0 Å². The molecule has 0 spiro atoms. The van der Waals surface area contributed by atoms with Crippen LogP contribution >= 0.6 is 0 Å². The normalized spacial score (nSPS) is 48.2. The second-order valence-corrected chi connectivity index (χ2v) is 19.0. The predicted octanol–water partition coefficient (Wildman–Crippen LogP) is -13.7. The average molecular weight is 1110 g/mol. The second kappa shape index (κ2) is 27.2. The lowest BCUT2D eigenvalue weighted by molar-refractivity contribution is -0.378. The maximum atomic E-state index is 12.6. The first-order valence-corrected chi connectivity index (χ1v) is 24.1. The molecule has 0 aromatic heterocycles. The Morgan fingerprint density at radius 2 is 0.697 bits per heavy atom. The van der Waals surface area contributed by atoms with Crippen LogP contribution in [-0.4, -0.2) is 328 Å². The molecule has 0 saturated carbocycles. The molecule has 6 heterocycles. The summed E-state index contributed by atoms with van der Waals surface area (Å²) in [6.07, 6.45) is -50.4. The second-order valence-electron chi connectivity index (χ2n) is 19.0. The van der Waals surface area contributed by atoms with Gasteiger partial charge >= 0.3 is 0 Å². The zero-order chi connectivity index (χ0) is 56.2. The number of ether oxygens (including phenoxy) is 11. The average Bonchev–Trinajstić information content (AvgIpc) is 3.38. The summed E-state index contributed by atoms with van der Waals surface area (Å²) in [7, 11) is 0. The highest BCUT2D eigenvalue weighted by Crippen LogP contribution is 2.36. The molecule has 0 aromatic rings. The number of hydrogen-bond acceptors (Lipinski definition) is 31. The van der Waals surface area contributed by atoms with Gasteiger partial charge in [0.1, 0.15) is 146 Å². The zero-order valence-corrected chi connectivity index (χ0v) is 40.9. The third kappa shape index (κ3) is 13.7. The van der Waals surface area contributed by atoms with Crippen LogP contribution < -0.4 is 16.0 Å². The first kappa shape index (κ1) is 62.5. The van der Waals surface area contributed by atoms with Gasteiger partial charge in [-0.1, -0.05) is 0 Å². The van der Waals surface area contributed by atoms with E-state index in [4.69, 9.17) is 52.1 Å². The summed E-state index contributed by atoms with van der Waals surface area (Å²) in [5.41, 5.74) is 0. The van der Waals surface area contributed by atoms with Crippen LogP contribution in [0.1, 0.15) is 20.8 Å². The van der Waals surface area contributed by atoms with Crippen molar-refractivity contribution >= 4 is 17.7 Å². The van der Waals surface area contributed by atoms with Crippen LogP contribution in [-0.2, 0) is 66.5 Å². The Hall–Kier alpha value is -2.71. The fourth-order valence-electron chi connectivity index (χ4n) is 9.62. The number of aliphatic hydroxyl groups is 17. The first-order chi connectivity index (χ1) is 35.9. The molecule has 0 unspecified atom stereocenters. The molecule has 0 aromatic carbocycles. The van der Waals surface area contributed by atoms with Gasteiger partial charge in [-0.05, 0) is 0 Å². The minimum absolute atomic E-state index is 0.758. The van der Waals surface area contributed by atoms with Crippen LogP contribution in [0.3, 0.4) is 0 Å². The SMILES string of the molecule is CC(=O)N[C@@H]1[C@@H](O[C@@H]2O[C@H](CO)[C@H](O)[C@H](O)[C@H]2O)[C@@H](O)[C@@H](CO[C@@H]2O[C@H](CO)[C@@H](O[C@@H]3O[C@H](CO)[C@H](O)[C@H](O[C@@H]4O[C@H](CO)[C@@H](O)[C@H](O[C@@H]5O[C@H](CO)[C@H](O)[C@H](O)[C@H]5O)[C@H]4NC(C)=O)[C@H]3O)[C@H](O)[C@H]2NC(C)=O)O[C@H]1O. The van der Waals surface area contributed by atoms with Gasteiger partial charge < -0.3 is 155 Å². The van der Waals surface area contributed by atoms with Crippen molar-refractivity contribution in [2.45, 2.75) is 205 Å². The van der Waals surface area contributed by atoms with Crippen molar-refractivity contribution in [1.82, 2.24) is 16.0 Å². The lowest BCUT2D eigenvalue weighted by atomic mass is 9.94. The van der Waals surface area contributed by atoms with Crippen molar-refractivity contribution in [3.05, 3.63) is 0 Å². The molecule has 6 saturated heterocycles. The van der Waals surface area contributed by atoms with E-state index in [1.165, 1.54) is 0 Å². The number of amides is 3. The molecule has 440 valence electrons. The third-order valence-electron chi connectivity index (χ3n) is 13.6. The molecule has 0 bridgehead atoms.